The van der Waals surface area contributed by atoms with E-state index >= 15 is 0 Å². The average molecular weight is 309 g/mol. The van der Waals surface area contributed by atoms with Crippen LogP contribution in [0.5, 0.6) is 0 Å². The van der Waals surface area contributed by atoms with Crippen molar-refractivity contribution in [3.05, 3.63) is 52.2 Å². The van der Waals surface area contributed by atoms with Gasteiger partial charge in [-0.05, 0) is 35.6 Å². The quantitative estimate of drug-likeness (QED) is 0.920. The third kappa shape index (κ3) is 3.91. The summed E-state index contributed by atoms with van der Waals surface area (Å²) >= 11 is 1.40. The van der Waals surface area contributed by atoms with E-state index in [1.807, 2.05) is 11.4 Å². The molecular formula is C14H15NO3S2. The molecule has 1 amide bonds. The highest BCUT2D eigenvalue weighted by atomic mass is 32.2. The summed E-state index contributed by atoms with van der Waals surface area (Å²) in [7, 11) is -3.15. The predicted molar refractivity (Wildman–Crippen MR) is 79.9 cm³/mol. The Morgan fingerprint density at radius 2 is 1.90 bits per heavy atom. The molecule has 0 bridgehead atoms. The summed E-state index contributed by atoms with van der Waals surface area (Å²) in [6.07, 6.45) is 1.85. The van der Waals surface area contributed by atoms with Crippen molar-refractivity contribution in [3.8, 4) is 0 Å². The van der Waals surface area contributed by atoms with Crippen molar-refractivity contribution in [1.82, 2.24) is 5.32 Å². The second-order valence-corrected chi connectivity index (χ2v) is 7.36. The lowest BCUT2D eigenvalue weighted by Gasteiger charge is -2.05. The van der Waals surface area contributed by atoms with Crippen LogP contribution in [0.15, 0.2) is 46.7 Å². The van der Waals surface area contributed by atoms with Gasteiger partial charge in [0.2, 0.25) is 0 Å². The van der Waals surface area contributed by atoms with Crippen LogP contribution in [-0.2, 0) is 16.3 Å². The number of nitrogens with one attached hydrogen (secondary N) is 1. The Morgan fingerprint density at radius 1 is 1.20 bits per heavy atom. The van der Waals surface area contributed by atoms with E-state index in [0.717, 1.165) is 5.56 Å². The molecule has 6 heteroatoms. The van der Waals surface area contributed by atoms with Crippen molar-refractivity contribution < 1.29 is 13.2 Å². The van der Waals surface area contributed by atoms with Gasteiger partial charge in [0.15, 0.2) is 9.84 Å². The number of sulfone groups is 1. The molecule has 0 saturated heterocycles. The minimum Gasteiger partial charge on any atom is -0.351 e. The first-order valence-corrected chi connectivity index (χ1v) is 8.84. The van der Waals surface area contributed by atoms with Crippen molar-refractivity contribution in [2.24, 2.45) is 0 Å². The fraction of sp³-hybridized carbons (Fsp3) is 0.214. The molecule has 106 valence electrons. The molecule has 0 saturated carbocycles. The van der Waals surface area contributed by atoms with Gasteiger partial charge >= 0.3 is 0 Å². The van der Waals surface area contributed by atoms with E-state index in [1.165, 1.54) is 17.6 Å². The Kier molecular flexibility index (Phi) is 4.57. The first-order chi connectivity index (χ1) is 9.47. The van der Waals surface area contributed by atoms with Crippen LogP contribution in [0.1, 0.15) is 15.2 Å². The highest BCUT2D eigenvalue weighted by Gasteiger charge is 2.07. The molecule has 0 radical (unpaired) electrons. The highest BCUT2D eigenvalue weighted by Crippen LogP contribution is 2.11. The SMILES string of the molecule is CS(=O)(=O)c1ccc(CCNC(=O)c2cccs2)cc1. The number of carbonyl (C=O) groups excluding carboxylic acids is 1. The van der Waals surface area contributed by atoms with Crippen LogP contribution in [0.3, 0.4) is 0 Å². The second kappa shape index (κ2) is 6.19. The summed E-state index contributed by atoms with van der Waals surface area (Å²) in [5.41, 5.74) is 0.990. The maximum Gasteiger partial charge on any atom is 0.261 e. The third-order valence-corrected chi connectivity index (χ3v) is 4.79. The number of amides is 1. The van der Waals surface area contributed by atoms with E-state index in [2.05, 4.69) is 5.32 Å². The minimum absolute atomic E-state index is 0.0762. The van der Waals surface area contributed by atoms with Crippen molar-refractivity contribution in [2.75, 3.05) is 12.8 Å². The molecule has 0 aliphatic heterocycles. The molecule has 2 rings (SSSR count). The number of thiophene rings is 1. The molecule has 0 spiro atoms. The molecule has 4 nitrogen and oxygen atoms in total. The number of rotatable bonds is 5. The number of hydrogen-bond acceptors (Lipinski definition) is 4. The van der Waals surface area contributed by atoms with Gasteiger partial charge in [0, 0.05) is 12.8 Å². The van der Waals surface area contributed by atoms with Crippen LogP contribution in [-0.4, -0.2) is 27.1 Å². The predicted octanol–water partition coefficient (Wildman–Crippen LogP) is 2.12. The molecule has 0 unspecified atom stereocenters. The number of benzene rings is 1. The van der Waals surface area contributed by atoms with E-state index in [1.54, 1.807) is 30.3 Å². The van der Waals surface area contributed by atoms with Crippen molar-refractivity contribution in [3.63, 3.8) is 0 Å². The Labute approximate surface area is 122 Å². The van der Waals surface area contributed by atoms with Crippen molar-refractivity contribution in [2.45, 2.75) is 11.3 Å². The number of carbonyl (C=O) groups is 1. The molecule has 1 heterocycles. The van der Waals surface area contributed by atoms with Crippen LogP contribution >= 0.6 is 11.3 Å². The normalized spacial score (nSPS) is 11.2. The zero-order valence-corrected chi connectivity index (χ0v) is 12.6. The monoisotopic (exact) mass is 309 g/mol. The molecular weight excluding hydrogens is 294 g/mol. The topological polar surface area (TPSA) is 63.2 Å². The van der Waals surface area contributed by atoms with Gasteiger partial charge in [-0.1, -0.05) is 18.2 Å². The van der Waals surface area contributed by atoms with E-state index < -0.39 is 9.84 Å². The van der Waals surface area contributed by atoms with Crippen LogP contribution in [0.25, 0.3) is 0 Å². The van der Waals surface area contributed by atoms with Crippen molar-refractivity contribution >= 4 is 27.1 Å². The van der Waals surface area contributed by atoms with E-state index in [9.17, 15) is 13.2 Å². The largest absolute Gasteiger partial charge is 0.351 e. The van der Waals surface area contributed by atoms with Gasteiger partial charge in [-0.3, -0.25) is 4.79 Å². The maximum atomic E-state index is 11.7. The standard InChI is InChI=1S/C14H15NO3S2/c1-20(17,18)12-6-4-11(5-7-12)8-9-15-14(16)13-3-2-10-19-13/h2-7,10H,8-9H2,1H3,(H,15,16). The van der Waals surface area contributed by atoms with Crippen LogP contribution in [0.4, 0.5) is 0 Å². The van der Waals surface area contributed by atoms with Gasteiger partial charge in [-0.25, -0.2) is 8.42 Å². The summed E-state index contributed by atoms with van der Waals surface area (Å²) in [5, 5.41) is 4.69. The number of hydrogen-bond donors (Lipinski definition) is 1. The summed E-state index contributed by atoms with van der Waals surface area (Å²) in [5.74, 6) is -0.0762. The fourth-order valence-corrected chi connectivity index (χ4v) is 2.99. The average Bonchev–Trinajstić information content (AvgIpc) is 2.92. The zero-order chi connectivity index (χ0) is 14.6. The lowest BCUT2D eigenvalue weighted by atomic mass is 10.1. The van der Waals surface area contributed by atoms with Crippen LogP contribution < -0.4 is 5.32 Å². The molecule has 0 fully saturated rings. The molecule has 0 aliphatic rings. The molecule has 2 aromatic rings. The molecule has 1 aromatic carbocycles. The molecule has 20 heavy (non-hydrogen) atoms. The second-order valence-electron chi connectivity index (χ2n) is 4.40. The lowest BCUT2D eigenvalue weighted by Crippen LogP contribution is -2.24. The zero-order valence-electron chi connectivity index (χ0n) is 11.0. The summed E-state index contributed by atoms with van der Waals surface area (Å²) in [6, 6.07) is 10.3. The van der Waals surface area contributed by atoms with E-state index in [-0.39, 0.29) is 5.91 Å². The van der Waals surface area contributed by atoms with Gasteiger partial charge in [0.25, 0.3) is 5.91 Å². The molecule has 1 N–H and O–H groups in total. The van der Waals surface area contributed by atoms with E-state index in [4.69, 9.17) is 0 Å². The Morgan fingerprint density at radius 3 is 2.45 bits per heavy atom. The Balaban J connectivity index is 1.87. The lowest BCUT2D eigenvalue weighted by molar-refractivity contribution is 0.0958. The smallest absolute Gasteiger partial charge is 0.261 e. The van der Waals surface area contributed by atoms with Gasteiger partial charge in [-0.15, -0.1) is 11.3 Å². The van der Waals surface area contributed by atoms with Gasteiger partial charge < -0.3 is 5.32 Å². The van der Waals surface area contributed by atoms with Gasteiger partial charge in [-0.2, -0.15) is 0 Å². The first kappa shape index (κ1) is 14.7. The third-order valence-electron chi connectivity index (χ3n) is 2.80. The first-order valence-electron chi connectivity index (χ1n) is 6.07. The molecule has 1 aromatic heterocycles. The maximum absolute atomic E-state index is 11.7. The summed E-state index contributed by atoms with van der Waals surface area (Å²) < 4.78 is 22.6. The fourth-order valence-electron chi connectivity index (χ4n) is 1.72. The van der Waals surface area contributed by atoms with Gasteiger partial charge in [0.1, 0.15) is 0 Å². The van der Waals surface area contributed by atoms with Crippen molar-refractivity contribution in [1.29, 1.82) is 0 Å². The Hall–Kier alpha value is -1.66. The Bertz CT molecular complexity index is 674. The van der Waals surface area contributed by atoms with E-state index in [0.29, 0.717) is 22.7 Å². The molecule has 0 aliphatic carbocycles. The van der Waals surface area contributed by atoms with Gasteiger partial charge in [0.05, 0.1) is 9.77 Å². The molecule has 0 atom stereocenters. The van der Waals surface area contributed by atoms with Crippen LogP contribution in [0, 0.1) is 0 Å². The van der Waals surface area contributed by atoms with Crippen LogP contribution in [0.2, 0.25) is 0 Å². The highest BCUT2D eigenvalue weighted by molar-refractivity contribution is 7.90. The minimum atomic E-state index is -3.15. The summed E-state index contributed by atoms with van der Waals surface area (Å²) in [4.78, 5) is 12.7. The summed E-state index contributed by atoms with van der Waals surface area (Å²) in [6.45, 7) is 0.523.